The summed E-state index contributed by atoms with van der Waals surface area (Å²) in [5.41, 5.74) is 5.20. The molecule has 132 valence electrons. The monoisotopic (exact) mass is 348 g/mol. The van der Waals surface area contributed by atoms with Crippen LogP contribution >= 0.6 is 12.6 Å². The van der Waals surface area contributed by atoms with Crippen LogP contribution in [0.2, 0.25) is 0 Å². The molecule has 0 aliphatic rings. The molecule has 0 radical (unpaired) electrons. The highest BCUT2D eigenvalue weighted by Gasteiger charge is 2.29. The van der Waals surface area contributed by atoms with Crippen molar-refractivity contribution in [3.05, 3.63) is 0 Å². The van der Waals surface area contributed by atoms with Gasteiger partial charge in [0.25, 0.3) is 0 Å². The van der Waals surface area contributed by atoms with Crippen LogP contribution in [0, 0.1) is 5.92 Å². The van der Waals surface area contributed by atoms with E-state index in [9.17, 15) is 19.2 Å². The van der Waals surface area contributed by atoms with Gasteiger partial charge in [-0.15, -0.1) is 0 Å². The minimum atomic E-state index is -1.20. The number of thiol groups is 1. The second-order valence-corrected chi connectivity index (χ2v) is 5.67. The van der Waals surface area contributed by atoms with E-state index in [0.717, 1.165) is 0 Å². The van der Waals surface area contributed by atoms with E-state index in [0.29, 0.717) is 0 Å². The van der Waals surface area contributed by atoms with E-state index in [2.05, 4.69) is 28.6 Å². The van der Waals surface area contributed by atoms with Gasteiger partial charge >= 0.3 is 5.97 Å². The average Bonchev–Trinajstić information content (AvgIpc) is 2.48. The first-order chi connectivity index (χ1) is 10.6. The lowest BCUT2D eigenvalue weighted by Crippen LogP contribution is -2.57. The molecular weight excluding hydrogens is 324 g/mol. The van der Waals surface area contributed by atoms with Gasteiger partial charge in [-0.1, -0.05) is 13.8 Å². The maximum absolute atomic E-state index is 12.2. The SMILES string of the molecule is CC(NC(=O)C(CS)NC(=O)C(NC(=O)CN)C(C)C)C(=O)O. The van der Waals surface area contributed by atoms with Crippen molar-refractivity contribution in [3.63, 3.8) is 0 Å². The van der Waals surface area contributed by atoms with Crippen molar-refractivity contribution in [2.75, 3.05) is 12.3 Å². The van der Waals surface area contributed by atoms with Crippen molar-refractivity contribution < 1.29 is 24.3 Å². The number of nitrogens with one attached hydrogen (secondary N) is 3. The Labute approximate surface area is 140 Å². The molecule has 3 unspecified atom stereocenters. The average molecular weight is 348 g/mol. The Balaban J connectivity index is 4.87. The van der Waals surface area contributed by atoms with Gasteiger partial charge in [-0.3, -0.25) is 19.2 Å². The predicted molar refractivity (Wildman–Crippen MR) is 86.8 cm³/mol. The van der Waals surface area contributed by atoms with E-state index in [1.54, 1.807) is 13.8 Å². The van der Waals surface area contributed by atoms with Gasteiger partial charge in [0.15, 0.2) is 0 Å². The number of carbonyl (C=O) groups excluding carboxylic acids is 3. The number of aliphatic carboxylic acids is 1. The fourth-order valence-electron chi connectivity index (χ4n) is 1.60. The van der Waals surface area contributed by atoms with Crippen molar-refractivity contribution in [1.29, 1.82) is 0 Å². The smallest absolute Gasteiger partial charge is 0.325 e. The molecule has 23 heavy (non-hydrogen) atoms. The summed E-state index contributed by atoms with van der Waals surface area (Å²) in [4.78, 5) is 46.3. The summed E-state index contributed by atoms with van der Waals surface area (Å²) in [5.74, 6) is -3.19. The van der Waals surface area contributed by atoms with Crippen LogP contribution in [0.25, 0.3) is 0 Å². The lowest BCUT2D eigenvalue weighted by Gasteiger charge is -2.24. The molecule has 3 atom stereocenters. The maximum Gasteiger partial charge on any atom is 0.325 e. The van der Waals surface area contributed by atoms with Crippen molar-refractivity contribution in [2.24, 2.45) is 11.7 Å². The minimum Gasteiger partial charge on any atom is -0.480 e. The summed E-state index contributed by atoms with van der Waals surface area (Å²) < 4.78 is 0. The van der Waals surface area contributed by atoms with Gasteiger partial charge in [-0.05, 0) is 12.8 Å². The van der Waals surface area contributed by atoms with Crippen LogP contribution in [0.4, 0.5) is 0 Å². The van der Waals surface area contributed by atoms with E-state index in [1.807, 2.05) is 0 Å². The first kappa shape index (κ1) is 21.2. The van der Waals surface area contributed by atoms with Crippen LogP contribution < -0.4 is 21.7 Å². The summed E-state index contributed by atoms with van der Waals surface area (Å²) in [6.45, 7) is 4.49. The number of carbonyl (C=O) groups is 4. The fourth-order valence-corrected chi connectivity index (χ4v) is 1.86. The van der Waals surface area contributed by atoms with Crippen molar-refractivity contribution >= 4 is 36.3 Å². The Bertz CT molecular complexity index is 458. The molecule has 0 heterocycles. The maximum atomic E-state index is 12.2. The Morgan fingerprint density at radius 2 is 1.61 bits per heavy atom. The van der Waals surface area contributed by atoms with Crippen LogP contribution in [-0.2, 0) is 19.2 Å². The molecule has 0 aromatic carbocycles. The van der Waals surface area contributed by atoms with E-state index in [4.69, 9.17) is 10.8 Å². The zero-order chi connectivity index (χ0) is 18.2. The number of rotatable bonds is 9. The van der Waals surface area contributed by atoms with Gasteiger partial charge in [0, 0.05) is 5.75 Å². The van der Waals surface area contributed by atoms with Gasteiger partial charge in [0.1, 0.15) is 18.1 Å². The lowest BCUT2D eigenvalue weighted by molar-refractivity contribution is -0.141. The Hall–Kier alpha value is -1.81. The highest BCUT2D eigenvalue weighted by molar-refractivity contribution is 7.80. The minimum absolute atomic E-state index is 0.0282. The second-order valence-electron chi connectivity index (χ2n) is 5.31. The van der Waals surface area contributed by atoms with Gasteiger partial charge < -0.3 is 26.8 Å². The number of amides is 3. The van der Waals surface area contributed by atoms with Crippen LogP contribution in [0.3, 0.4) is 0 Å². The fraction of sp³-hybridized carbons (Fsp3) is 0.692. The second kappa shape index (κ2) is 10.1. The quantitative estimate of drug-likeness (QED) is 0.268. The van der Waals surface area contributed by atoms with Crippen LogP contribution in [0.5, 0.6) is 0 Å². The molecular formula is C13H24N4O5S. The number of hydrogen-bond acceptors (Lipinski definition) is 6. The topological polar surface area (TPSA) is 151 Å². The van der Waals surface area contributed by atoms with Crippen LogP contribution in [0.1, 0.15) is 20.8 Å². The summed E-state index contributed by atoms with van der Waals surface area (Å²) >= 11 is 3.98. The number of hydrogen-bond donors (Lipinski definition) is 6. The Kier molecular flexibility index (Phi) is 9.27. The highest BCUT2D eigenvalue weighted by atomic mass is 32.1. The zero-order valence-corrected chi connectivity index (χ0v) is 14.2. The molecule has 0 aromatic heterocycles. The molecule has 0 aromatic rings. The van der Waals surface area contributed by atoms with Crippen molar-refractivity contribution in [3.8, 4) is 0 Å². The summed E-state index contributed by atoms with van der Waals surface area (Å²) in [7, 11) is 0. The zero-order valence-electron chi connectivity index (χ0n) is 13.3. The van der Waals surface area contributed by atoms with Gasteiger partial charge in [0.05, 0.1) is 6.54 Å². The molecule has 9 nitrogen and oxygen atoms in total. The summed E-state index contributed by atoms with van der Waals surface area (Å²) in [6, 6.07) is -2.98. The van der Waals surface area contributed by atoms with Gasteiger partial charge in [-0.2, -0.15) is 12.6 Å². The van der Waals surface area contributed by atoms with E-state index >= 15 is 0 Å². The predicted octanol–water partition coefficient (Wildman–Crippen LogP) is -1.91. The molecule has 0 rings (SSSR count). The Morgan fingerprint density at radius 3 is 2.00 bits per heavy atom. The third-order valence-electron chi connectivity index (χ3n) is 3.00. The third-order valence-corrected chi connectivity index (χ3v) is 3.36. The molecule has 0 bridgehead atoms. The van der Waals surface area contributed by atoms with Gasteiger partial charge in [-0.25, -0.2) is 0 Å². The standard InChI is InChI=1S/C13H24N4O5S/c1-6(2)10(17-9(18)4-14)12(20)16-8(5-23)11(19)15-7(3)13(21)22/h6-8,10,23H,4-5,14H2,1-3H3,(H,15,19)(H,16,20)(H,17,18)(H,21,22). The van der Waals surface area contributed by atoms with Crippen LogP contribution in [0.15, 0.2) is 0 Å². The van der Waals surface area contributed by atoms with E-state index in [1.165, 1.54) is 6.92 Å². The molecule has 0 saturated carbocycles. The highest BCUT2D eigenvalue weighted by Crippen LogP contribution is 2.03. The molecule has 0 aliphatic carbocycles. The molecule has 3 amide bonds. The Morgan fingerprint density at radius 1 is 1.04 bits per heavy atom. The number of carboxylic acid groups (broad SMARTS) is 1. The molecule has 0 aliphatic heterocycles. The molecule has 10 heteroatoms. The number of nitrogens with two attached hydrogens (primary N) is 1. The van der Waals surface area contributed by atoms with Crippen molar-refractivity contribution in [2.45, 2.75) is 38.9 Å². The molecule has 0 spiro atoms. The number of carboxylic acids is 1. The first-order valence-corrected chi connectivity index (χ1v) is 7.71. The van der Waals surface area contributed by atoms with Crippen molar-refractivity contribution in [1.82, 2.24) is 16.0 Å². The summed E-state index contributed by atoms with van der Waals surface area (Å²) in [5, 5.41) is 15.9. The molecule has 0 saturated heterocycles. The molecule has 0 fully saturated rings. The largest absolute Gasteiger partial charge is 0.480 e. The van der Waals surface area contributed by atoms with E-state index < -0.39 is 41.8 Å². The summed E-state index contributed by atoms with van der Waals surface area (Å²) in [6.07, 6.45) is 0. The third kappa shape index (κ3) is 7.33. The van der Waals surface area contributed by atoms with E-state index in [-0.39, 0.29) is 18.2 Å². The van der Waals surface area contributed by atoms with Gasteiger partial charge in [0.2, 0.25) is 17.7 Å². The molecule has 6 N–H and O–H groups in total. The lowest BCUT2D eigenvalue weighted by atomic mass is 10.0. The first-order valence-electron chi connectivity index (χ1n) is 7.07. The normalized spacial score (nSPS) is 14.5. The van der Waals surface area contributed by atoms with Crippen LogP contribution in [-0.4, -0.2) is 59.2 Å².